The van der Waals surface area contributed by atoms with Crippen molar-refractivity contribution < 1.29 is 0 Å². The molecule has 0 bridgehead atoms. The van der Waals surface area contributed by atoms with Crippen molar-refractivity contribution in [3.05, 3.63) is 35.9 Å². The third-order valence-corrected chi connectivity index (χ3v) is 4.22. The SMILES string of the molecule is CCCCNC(=NC)NC1CCN(Cc2ccccc2)CC1. The molecule has 4 nitrogen and oxygen atoms in total. The minimum absolute atomic E-state index is 0.542. The van der Waals surface area contributed by atoms with Crippen LogP contribution in [0, 0.1) is 0 Å². The number of rotatable bonds is 6. The Hall–Kier alpha value is -1.55. The van der Waals surface area contributed by atoms with Crippen molar-refractivity contribution >= 4 is 5.96 Å². The van der Waals surface area contributed by atoms with Crippen LogP contribution in [0.2, 0.25) is 0 Å². The molecule has 1 heterocycles. The third-order valence-electron chi connectivity index (χ3n) is 4.22. The first-order valence-electron chi connectivity index (χ1n) is 8.55. The fourth-order valence-electron chi connectivity index (χ4n) is 2.85. The summed E-state index contributed by atoms with van der Waals surface area (Å²) in [5.74, 6) is 0.954. The van der Waals surface area contributed by atoms with Gasteiger partial charge in [-0.1, -0.05) is 43.7 Å². The number of aliphatic imine (C=N–C) groups is 1. The van der Waals surface area contributed by atoms with Crippen LogP contribution < -0.4 is 10.6 Å². The van der Waals surface area contributed by atoms with Gasteiger partial charge in [0, 0.05) is 39.3 Å². The first-order valence-corrected chi connectivity index (χ1v) is 8.55. The number of benzene rings is 1. The minimum atomic E-state index is 0.542. The topological polar surface area (TPSA) is 39.7 Å². The van der Waals surface area contributed by atoms with Gasteiger partial charge >= 0.3 is 0 Å². The van der Waals surface area contributed by atoms with Crippen LogP contribution in [-0.2, 0) is 6.54 Å². The lowest BCUT2D eigenvalue weighted by Gasteiger charge is -2.33. The molecule has 0 aromatic heterocycles. The molecule has 4 heteroatoms. The molecular weight excluding hydrogens is 272 g/mol. The number of nitrogens with one attached hydrogen (secondary N) is 2. The highest BCUT2D eigenvalue weighted by Gasteiger charge is 2.19. The first kappa shape index (κ1) is 16.8. The molecule has 1 saturated heterocycles. The summed E-state index contributed by atoms with van der Waals surface area (Å²) < 4.78 is 0. The Labute approximate surface area is 135 Å². The first-order chi connectivity index (χ1) is 10.8. The minimum Gasteiger partial charge on any atom is -0.356 e. The van der Waals surface area contributed by atoms with Crippen LogP contribution in [0.5, 0.6) is 0 Å². The monoisotopic (exact) mass is 302 g/mol. The predicted molar refractivity (Wildman–Crippen MR) is 94.1 cm³/mol. The number of likely N-dealkylation sites (tertiary alicyclic amines) is 1. The van der Waals surface area contributed by atoms with Crippen molar-refractivity contribution in [3.8, 4) is 0 Å². The third kappa shape index (κ3) is 5.68. The van der Waals surface area contributed by atoms with Gasteiger partial charge in [0.2, 0.25) is 0 Å². The lowest BCUT2D eigenvalue weighted by Crippen LogP contribution is -2.48. The molecule has 0 amide bonds. The zero-order valence-corrected chi connectivity index (χ0v) is 14.0. The average Bonchev–Trinajstić information content (AvgIpc) is 2.57. The zero-order chi connectivity index (χ0) is 15.6. The molecule has 1 fully saturated rings. The van der Waals surface area contributed by atoms with Crippen molar-refractivity contribution in [1.82, 2.24) is 15.5 Å². The summed E-state index contributed by atoms with van der Waals surface area (Å²) in [5.41, 5.74) is 1.41. The fourth-order valence-corrected chi connectivity index (χ4v) is 2.85. The molecular formula is C18H30N4. The van der Waals surface area contributed by atoms with Gasteiger partial charge in [-0.05, 0) is 24.8 Å². The second kappa shape index (κ2) is 9.46. The zero-order valence-electron chi connectivity index (χ0n) is 14.0. The maximum atomic E-state index is 4.32. The predicted octanol–water partition coefficient (Wildman–Crippen LogP) is 2.62. The van der Waals surface area contributed by atoms with Crippen molar-refractivity contribution in [2.24, 2.45) is 4.99 Å². The van der Waals surface area contributed by atoms with Crippen molar-refractivity contribution in [2.75, 3.05) is 26.7 Å². The van der Waals surface area contributed by atoms with E-state index < -0.39 is 0 Å². The molecule has 1 aromatic rings. The fraction of sp³-hybridized carbons (Fsp3) is 0.611. The van der Waals surface area contributed by atoms with Gasteiger partial charge in [0.1, 0.15) is 0 Å². The van der Waals surface area contributed by atoms with Gasteiger partial charge in [-0.15, -0.1) is 0 Å². The Morgan fingerprint density at radius 3 is 2.59 bits per heavy atom. The molecule has 0 unspecified atom stereocenters. The second-order valence-corrected chi connectivity index (χ2v) is 6.03. The maximum Gasteiger partial charge on any atom is 0.191 e. The molecule has 0 aliphatic carbocycles. The van der Waals surface area contributed by atoms with E-state index in [9.17, 15) is 0 Å². The molecule has 1 aliphatic rings. The van der Waals surface area contributed by atoms with E-state index in [0.717, 1.165) is 32.1 Å². The van der Waals surface area contributed by atoms with E-state index in [4.69, 9.17) is 0 Å². The van der Waals surface area contributed by atoms with Crippen LogP contribution in [-0.4, -0.2) is 43.6 Å². The Bertz CT molecular complexity index is 436. The molecule has 0 saturated carbocycles. The number of unbranched alkanes of at least 4 members (excludes halogenated alkanes) is 1. The van der Waals surface area contributed by atoms with Crippen molar-refractivity contribution in [2.45, 2.75) is 45.2 Å². The molecule has 0 radical (unpaired) electrons. The van der Waals surface area contributed by atoms with E-state index in [-0.39, 0.29) is 0 Å². The van der Waals surface area contributed by atoms with Crippen LogP contribution in [0.4, 0.5) is 0 Å². The molecule has 1 aromatic carbocycles. The van der Waals surface area contributed by atoms with E-state index in [0.29, 0.717) is 6.04 Å². The molecule has 0 atom stereocenters. The van der Waals surface area contributed by atoms with Gasteiger partial charge in [0.25, 0.3) is 0 Å². The number of piperidine rings is 1. The maximum absolute atomic E-state index is 4.32. The Morgan fingerprint density at radius 2 is 1.95 bits per heavy atom. The summed E-state index contributed by atoms with van der Waals surface area (Å²) in [7, 11) is 1.85. The number of hydrogen-bond donors (Lipinski definition) is 2. The van der Waals surface area contributed by atoms with Crippen LogP contribution in [0.25, 0.3) is 0 Å². The second-order valence-electron chi connectivity index (χ2n) is 6.03. The van der Waals surface area contributed by atoms with Gasteiger partial charge in [0.05, 0.1) is 0 Å². The Morgan fingerprint density at radius 1 is 1.23 bits per heavy atom. The van der Waals surface area contributed by atoms with Crippen molar-refractivity contribution in [3.63, 3.8) is 0 Å². The normalized spacial score (nSPS) is 17.5. The molecule has 22 heavy (non-hydrogen) atoms. The summed E-state index contributed by atoms with van der Waals surface area (Å²) in [5, 5.41) is 6.96. The Balaban J connectivity index is 1.70. The molecule has 0 spiro atoms. The highest BCUT2D eigenvalue weighted by atomic mass is 15.2. The number of hydrogen-bond acceptors (Lipinski definition) is 2. The highest BCUT2D eigenvalue weighted by molar-refractivity contribution is 5.79. The summed E-state index contributed by atoms with van der Waals surface area (Å²) in [4.78, 5) is 6.86. The Kier molecular flexibility index (Phi) is 7.23. The number of guanidine groups is 1. The van der Waals surface area contributed by atoms with Gasteiger partial charge < -0.3 is 10.6 Å². The summed E-state index contributed by atoms with van der Waals surface area (Å²) in [6.45, 7) is 6.58. The number of nitrogens with zero attached hydrogens (tertiary/aromatic N) is 2. The lowest BCUT2D eigenvalue weighted by atomic mass is 10.0. The van der Waals surface area contributed by atoms with E-state index >= 15 is 0 Å². The average molecular weight is 302 g/mol. The molecule has 1 aliphatic heterocycles. The van der Waals surface area contributed by atoms with E-state index in [1.807, 2.05) is 7.05 Å². The van der Waals surface area contributed by atoms with Gasteiger partial charge in [-0.25, -0.2) is 0 Å². The van der Waals surface area contributed by atoms with Crippen LogP contribution in [0.3, 0.4) is 0 Å². The standard InChI is InChI=1S/C18H30N4/c1-3-4-12-20-18(19-2)21-17-10-13-22(14-11-17)15-16-8-6-5-7-9-16/h5-9,17H,3-4,10-15H2,1-2H3,(H2,19,20,21). The van der Waals surface area contributed by atoms with E-state index in [1.54, 1.807) is 0 Å². The highest BCUT2D eigenvalue weighted by Crippen LogP contribution is 2.13. The lowest BCUT2D eigenvalue weighted by molar-refractivity contribution is 0.198. The van der Waals surface area contributed by atoms with Crippen LogP contribution in [0.15, 0.2) is 35.3 Å². The summed E-state index contributed by atoms with van der Waals surface area (Å²) in [6, 6.07) is 11.3. The van der Waals surface area contributed by atoms with Gasteiger partial charge in [-0.2, -0.15) is 0 Å². The van der Waals surface area contributed by atoms with Crippen LogP contribution in [0.1, 0.15) is 38.2 Å². The quantitative estimate of drug-likeness (QED) is 0.482. The molecule has 2 N–H and O–H groups in total. The smallest absolute Gasteiger partial charge is 0.191 e. The van der Waals surface area contributed by atoms with E-state index in [1.165, 1.54) is 31.2 Å². The van der Waals surface area contributed by atoms with Crippen LogP contribution >= 0.6 is 0 Å². The van der Waals surface area contributed by atoms with Gasteiger partial charge in [-0.3, -0.25) is 9.89 Å². The molecule has 122 valence electrons. The van der Waals surface area contributed by atoms with Crippen molar-refractivity contribution in [1.29, 1.82) is 0 Å². The largest absolute Gasteiger partial charge is 0.356 e. The molecule has 2 rings (SSSR count). The van der Waals surface area contributed by atoms with Gasteiger partial charge in [0.15, 0.2) is 5.96 Å². The summed E-state index contributed by atoms with van der Waals surface area (Å²) in [6.07, 6.45) is 4.76. The van der Waals surface area contributed by atoms with E-state index in [2.05, 4.69) is 57.8 Å². The summed E-state index contributed by atoms with van der Waals surface area (Å²) >= 11 is 0.